The fourth-order valence-electron chi connectivity index (χ4n) is 2.88. The molecule has 1 aliphatic rings. The zero-order chi connectivity index (χ0) is 18.6. The molecule has 1 amide bonds. The third-order valence-corrected chi connectivity index (χ3v) is 6.20. The lowest BCUT2D eigenvalue weighted by Crippen LogP contribution is -2.35. The first-order valence-electron chi connectivity index (χ1n) is 8.36. The van der Waals surface area contributed by atoms with Gasteiger partial charge in [-0.15, -0.1) is 0 Å². The number of carbonyl (C=O) groups excluding carboxylic acids is 1. The lowest BCUT2D eigenvalue weighted by Gasteiger charge is -2.12. The van der Waals surface area contributed by atoms with Gasteiger partial charge in [0.1, 0.15) is 0 Å². The summed E-state index contributed by atoms with van der Waals surface area (Å²) in [4.78, 5) is 16.4. The van der Waals surface area contributed by atoms with Crippen molar-refractivity contribution in [2.45, 2.75) is 18.9 Å². The minimum Gasteiger partial charge on any atom is -0.383 e. The Morgan fingerprint density at radius 3 is 2.85 bits per heavy atom. The summed E-state index contributed by atoms with van der Waals surface area (Å²) in [5.74, 6) is -0.177. The number of carbonyl (C=O) groups is 1. The minimum absolute atomic E-state index is 0.00371. The molecule has 8 heteroatoms. The molecule has 2 heterocycles. The van der Waals surface area contributed by atoms with Crippen LogP contribution in [0.15, 0.2) is 42.7 Å². The van der Waals surface area contributed by atoms with E-state index in [1.807, 2.05) is 24.3 Å². The van der Waals surface area contributed by atoms with Crippen molar-refractivity contribution in [3.8, 4) is 0 Å². The molecule has 2 aromatic rings. The predicted molar refractivity (Wildman–Crippen MR) is 102 cm³/mol. The van der Waals surface area contributed by atoms with Crippen LogP contribution in [0.2, 0.25) is 5.02 Å². The van der Waals surface area contributed by atoms with Crippen molar-refractivity contribution in [1.29, 1.82) is 0 Å². The SMILES string of the molecule is O=C(NC1CCS(=O)(=O)C1)c1cncc(NCCc2cccc(Cl)c2)c1. The number of anilines is 1. The Balaban J connectivity index is 1.55. The van der Waals surface area contributed by atoms with E-state index in [0.29, 0.717) is 23.6 Å². The summed E-state index contributed by atoms with van der Waals surface area (Å²) < 4.78 is 23.0. The lowest BCUT2D eigenvalue weighted by atomic mass is 10.1. The van der Waals surface area contributed by atoms with Crippen LogP contribution in [-0.4, -0.2) is 43.4 Å². The Bertz CT molecular complexity index is 902. The molecule has 1 aliphatic heterocycles. The average molecular weight is 394 g/mol. The quantitative estimate of drug-likeness (QED) is 0.786. The van der Waals surface area contributed by atoms with E-state index in [0.717, 1.165) is 17.7 Å². The Hall–Kier alpha value is -2.12. The molecule has 1 unspecified atom stereocenters. The fraction of sp³-hybridized carbons (Fsp3) is 0.333. The highest BCUT2D eigenvalue weighted by atomic mass is 35.5. The van der Waals surface area contributed by atoms with Gasteiger partial charge in [-0.2, -0.15) is 0 Å². The molecular formula is C18H20ClN3O3S. The summed E-state index contributed by atoms with van der Waals surface area (Å²) in [7, 11) is -3.03. The Morgan fingerprint density at radius 2 is 2.12 bits per heavy atom. The molecule has 0 aliphatic carbocycles. The highest BCUT2D eigenvalue weighted by molar-refractivity contribution is 7.91. The van der Waals surface area contributed by atoms with Crippen LogP contribution in [0.5, 0.6) is 0 Å². The number of aromatic nitrogens is 1. The van der Waals surface area contributed by atoms with Gasteiger partial charge < -0.3 is 10.6 Å². The van der Waals surface area contributed by atoms with Crippen LogP contribution in [0, 0.1) is 0 Å². The maximum absolute atomic E-state index is 12.3. The number of amides is 1. The Morgan fingerprint density at radius 1 is 1.27 bits per heavy atom. The summed E-state index contributed by atoms with van der Waals surface area (Å²) in [6.07, 6.45) is 4.37. The van der Waals surface area contributed by atoms with E-state index in [2.05, 4.69) is 15.6 Å². The van der Waals surface area contributed by atoms with Gasteiger partial charge in [-0.1, -0.05) is 23.7 Å². The van der Waals surface area contributed by atoms with Crippen molar-refractivity contribution in [3.63, 3.8) is 0 Å². The van der Waals surface area contributed by atoms with E-state index in [9.17, 15) is 13.2 Å². The normalized spacial score (nSPS) is 18.4. The molecule has 0 saturated carbocycles. The first-order chi connectivity index (χ1) is 12.4. The second-order valence-electron chi connectivity index (χ2n) is 6.34. The van der Waals surface area contributed by atoms with Crippen molar-refractivity contribution in [2.75, 3.05) is 23.4 Å². The van der Waals surface area contributed by atoms with Gasteiger partial charge in [0.2, 0.25) is 0 Å². The molecule has 3 rings (SSSR count). The van der Waals surface area contributed by atoms with E-state index < -0.39 is 9.84 Å². The number of pyridine rings is 1. The van der Waals surface area contributed by atoms with Gasteiger partial charge in [0.05, 0.1) is 22.8 Å². The predicted octanol–water partition coefficient (Wildman–Crippen LogP) is 2.31. The molecule has 0 spiro atoms. The van der Waals surface area contributed by atoms with Gasteiger partial charge >= 0.3 is 0 Å². The van der Waals surface area contributed by atoms with Gasteiger partial charge in [-0.25, -0.2) is 8.42 Å². The molecule has 138 valence electrons. The van der Waals surface area contributed by atoms with E-state index in [1.165, 1.54) is 6.20 Å². The molecule has 0 radical (unpaired) electrons. The van der Waals surface area contributed by atoms with Crippen LogP contribution in [0.25, 0.3) is 0 Å². The van der Waals surface area contributed by atoms with Crippen molar-refractivity contribution >= 4 is 33.0 Å². The number of hydrogen-bond donors (Lipinski definition) is 2. The smallest absolute Gasteiger partial charge is 0.253 e. The second kappa shape index (κ2) is 8.05. The van der Waals surface area contributed by atoms with Crippen LogP contribution in [0.4, 0.5) is 5.69 Å². The number of hydrogen-bond acceptors (Lipinski definition) is 5. The highest BCUT2D eigenvalue weighted by Gasteiger charge is 2.29. The molecular weight excluding hydrogens is 374 g/mol. The largest absolute Gasteiger partial charge is 0.383 e. The second-order valence-corrected chi connectivity index (χ2v) is 9.01. The maximum atomic E-state index is 12.3. The maximum Gasteiger partial charge on any atom is 0.253 e. The summed E-state index contributed by atoms with van der Waals surface area (Å²) in [5.41, 5.74) is 2.26. The molecule has 1 aromatic heterocycles. The molecule has 1 fully saturated rings. The van der Waals surface area contributed by atoms with Crippen molar-refractivity contribution < 1.29 is 13.2 Å². The van der Waals surface area contributed by atoms with E-state index >= 15 is 0 Å². The number of nitrogens with one attached hydrogen (secondary N) is 2. The van der Waals surface area contributed by atoms with Gasteiger partial charge in [-0.3, -0.25) is 9.78 Å². The third kappa shape index (κ3) is 5.19. The monoisotopic (exact) mass is 393 g/mol. The zero-order valence-electron chi connectivity index (χ0n) is 14.1. The van der Waals surface area contributed by atoms with Crippen LogP contribution in [0.3, 0.4) is 0 Å². The van der Waals surface area contributed by atoms with Crippen LogP contribution >= 0.6 is 11.6 Å². The molecule has 26 heavy (non-hydrogen) atoms. The van der Waals surface area contributed by atoms with E-state index in [1.54, 1.807) is 12.3 Å². The molecule has 1 aromatic carbocycles. The van der Waals surface area contributed by atoms with E-state index in [4.69, 9.17) is 11.6 Å². The first kappa shape index (κ1) is 18.7. The molecule has 1 saturated heterocycles. The van der Waals surface area contributed by atoms with Crippen molar-refractivity contribution in [3.05, 3.63) is 58.9 Å². The number of benzene rings is 1. The summed E-state index contributed by atoms with van der Waals surface area (Å²) in [6.45, 7) is 0.675. The number of halogens is 1. The van der Waals surface area contributed by atoms with Crippen molar-refractivity contribution in [1.82, 2.24) is 10.3 Å². The highest BCUT2D eigenvalue weighted by Crippen LogP contribution is 2.14. The standard InChI is InChI=1S/C18H20ClN3O3S/c19-15-3-1-2-13(8-15)4-6-21-17-9-14(10-20-11-17)18(23)22-16-5-7-26(24,25)12-16/h1-3,8-11,16,21H,4-7,12H2,(H,22,23). The first-order valence-corrected chi connectivity index (χ1v) is 10.6. The van der Waals surface area contributed by atoms with Crippen molar-refractivity contribution in [2.24, 2.45) is 0 Å². The minimum atomic E-state index is -3.03. The van der Waals surface area contributed by atoms with Crippen LogP contribution in [0.1, 0.15) is 22.3 Å². The average Bonchev–Trinajstić information content (AvgIpc) is 2.94. The van der Waals surface area contributed by atoms with Gasteiger partial charge in [0, 0.05) is 30.0 Å². The summed E-state index contributed by atoms with van der Waals surface area (Å²) >= 11 is 5.97. The van der Waals surface area contributed by atoms with Crippen LogP contribution < -0.4 is 10.6 Å². The molecule has 0 bridgehead atoms. The number of nitrogens with zero attached hydrogens (tertiary/aromatic N) is 1. The molecule has 1 atom stereocenters. The Kier molecular flexibility index (Phi) is 5.78. The zero-order valence-corrected chi connectivity index (χ0v) is 15.7. The molecule has 6 nitrogen and oxygen atoms in total. The van der Waals surface area contributed by atoms with E-state index in [-0.39, 0.29) is 23.5 Å². The molecule has 2 N–H and O–H groups in total. The number of sulfone groups is 1. The van der Waals surface area contributed by atoms with Gasteiger partial charge in [0.25, 0.3) is 5.91 Å². The summed E-state index contributed by atoms with van der Waals surface area (Å²) in [5, 5.41) is 6.70. The van der Waals surface area contributed by atoms with Crippen LogP contribution in [-0.2, 0) is 16.3 Å². The number of rotatable bonds is 6. The van der Waals surface area contributed by atoms with Gasteiger partial charge in [-0.05, 0) is 36.6 Å². The van der Waals surface area contributed by atoms with Gasteiger partial charge in [0.15, 0.2) is 9.84 Å². The Labute approximate surface area is 157 Å². The third-order valence-electron chi connectivity index (χ3n) is 4.20. The summed E-state index contributed by atoms with van der Waals surface area (Å²) in [6, 6.07) is 9.05. The fourth-order valence-corrected chi connectivity index (χ4v) is 4.77. The topological polar surface area (TPSA) is 88.2 Å². The lowest BCUT2D eigenvalue weighted by molar-refractivity contribution is 0.0941.